The molecule has 7 heteroatoms. The molecule has 7 nitrogen and oxygen atoms in total. The molecule has 0 unspecified atom stereocenters. The molecule has 0 radical (unpaired) electrons. The highest BCUT2D eigenvalue weighted by atomic mass is 16.5. The summed E-state index contributed by atoms with van der Waals surface area (Å²) in [6.07, 6.45) is 3.27. The molecule has 0 heterocycles. The Hall–Kier alpha value is -4.91. The highest BCUT2D eigenvalue weighted by Gasteiger charge is 2.08. The Balaban J connectivity index is 0.000000228. The first kappa shape index (κ1) is 30.6. The van der Waals surface area contributed by atoms with Crippen molar-refractivity contribution in [1.29, 1.82) is 0 Å². The van der Waals surface area contributed by atoms with Gasteiger partial charge in [-0.15, -0.1) is 0 Å². The van der Waals surface area contributed by atoms with Crippen molar-refractivity contribution in [2.24, 2.45) is 0 Å². The van der Waals surface area contributed by atoms with Gasteiger partial charge in [0.05, 0.1) is 0 Å². The highest BCUT2D eigenvalue weighted by Crippen LogP contribution is 2.25. The second-order valence-corrected chi connectivity index (χ2v) is 9.40. The maximum Gasteiger partial charge on any atom is 0.308 e. The van der Waals surface area contributed by atoms with E-state index in [4.69, 9.17) is 14.2 Å². The zero-order valence-corrected chi connectivity index (χ0v) is 23.5. The summed E-state index contributed by atoms with van der Waals surface area (Å²) in [7, 11) is 0. The van der Waals surface area contributed by atoms with Crippen LogP contribution in [0.5, 0.6) is 23.0 Å². The summed E-state index contributed by atoms with van der Waals surface area (Å²) in [5.74, 6) is 0.0589. The molecule has 0 saturated carbocycles. The van der Waals surface area contributed by atoms with Gasteiger partial charge in [0.15, 0.2) is 0 Å². The van der Waals surface area contributed by atoms with Gasteiger partial charge in [-0.25, -0.2) is 0 Å². The Bertz CT molecular complexity index is 1410. The average molecular weight is 555 g/mol. The molecule has 0 fully saturated rings. The van der Waals surface area contributed by atoms with Crippen molar-refractivity contribution in [2.45, 2.75) is 46.5 Å². The first-order chi connectivity index (χ1) is 19.7. The average Bonchev–Trinajstić information content (AvgIpc) is 2.91. The smallest absolute Gasteiger partial charge is 0.308 e. The number of benzene rings is 4. The molecule has 0 aliphatic heterocycles. The predicted molar refractivity (Wildman–Crippen MR) is 156 cm³/mol. The Labute approximate surface area is 240 Å². The fourth-order valence-corrected chi connectivity index (χ4v) is 4.10. The van der Waals surface area contributed by atoms with Gasteiger partial charge < -0.3 is 19.3 Å². The summed E-state index contributed by atoms with van der Waals surface area (Å²) in [5.41, 5.74) is 4.34. The van der Waals surface area contributed by atoms with Gasteiger partial charge in [0.25, 0.3) is 0 Å². The molecule has 0 aliphatic rings. The van der Waals surface area contributed by atoms with Crippen LogP contribution < -0.4 is 14.2 Å². The van der Waals surface area contributed by atoms with Crippen LogP contribution in [-0.2, 0) is 40.1 Å². The van der Waals surface area contributed by atoms with Crippen molar-refractivity contribution in [3.05, 3.63) is 119 Å². The Morgan fingerprint density at radius 2 is 0.829 bits per heavy atom. The topological polar surface area (TPSA) is 99.1 Å². The zero-order chi connectivity index (χ0) is 29.6. The summed E-state index contributed by atoms with van der Waals surface area (Å²) >= 11 is 0. The number of hydrogen-bond acceptors (Lipinski definition) is 7. The number of esters is 3. The Morgan fingerprint density at radius 3 is 1.22 bits per heavy atom. The van der Waals surface area contributed by atoms with E-state index in [0.717, 1.165) is 36.8 Å². The van der Waals surface area contributed by atoms with Crippen LogP contribution in [-0.4, -0.2) is 23.0 Å². The van der Waals surface area contributed by atoms with E-state index >= 15 is 0 Å². The second kappa shape index (κ2) is 15.6. The molecule has 0 amide bonds. The number of carbonyl (C=O) groups excluding carboxylic acids is 3. The molecule has 0 aromatic heterocycles. The van der Waals surface area contributed by atoms with E-state index in [-0.39, 0.29) is 11.7 Å². The summed E-state index contributed by atoms with van der Waals surface area (Å²) in [6, 6.07) is 30.2. The predicted octanol–water partition coefficient (Wildman–Crippen LogP) is 6.43. The van der Waals surface area contributed by atoms with Crippen molar-refractivity contribution in [1.82, 2.24) is 0 Å². The minimum atomic E-state index is -0.408. The molecule has 0 atom stereocenters. The zero-order valence-electron chi connectivity index (χ0n) is 23.5. The van der Waals surface area contributed by atoms with Gasteiger partial charge in [-0.2, -0.15) is 0 Å². The van der Waals surface area contributed by atoms with Crippen LogP contribution in [0.3, 0.4) is 0 Å². The lowest BCUT2D eigenvalue weighted by Gasteiger charge is -2.09. The molecule has 1 N–H and O–H groups in total. The number of rotatable bonds is 9. The van der Waals surface area contributed by atoms with Crippen molar-refractivity contribution in [3.63, 3.8) is 0 Å². The second-order valence-electron chi connectivity index (χ2n) is 9.40. The minimum absolute atomic E-state index is 0.113. The van der Waals surface area contributed by atoms with E-state index in [1.165, 1.54) is 44.0 Å². The van der Waals surface area contributed by atoms with Gasteiger partial charge in [-0.3, -0.25) is 14.4 Å². The number of hydrogen-bond donors (Lipinski definition) is 1. The molecule has 212 valence electrons. The minimum Gasteiger partial charge on any atom is -0.508 e. The van der Waals surface area contributed by atoms with Gasteiger partial charge in [-0.05, 0) is 72.2 Å². The first-order valence-corrected chi connectivity index (χ1v) is 13.3. The van der Waals surface area contributed by atoms with Gasteiger partial charge in [0.2, 0.25) is 0 Å². The van der Waals surface area contributed by atoms with Crippen LogP contribution in [0.4, 0.5) is 0 Å². The SMILES string of the molecule is CC(=O)Oc1cc(CCc2ccccc2)cc(OC(C)=O)c1.CC(=O)Oc1cc(O)cc(CCc2ccccc2)c1. The summed E-state index contributed by atoms with van der Waals surface area (Å²) in [6.45, 7) is 4.01. The molecule has 0 saturated heterocycles. The van der Waals surface area contributed by atoms with E-state index in [2.05, 4.69) is 24.3 Å². The number of phenols is 1. The van der Waals surface area contributed by atoms with Crippen molar-refractivity contribution >= 4 is 17.9 Å². The van der Waals surface area contributed by atoms with Crippen LogP contribution in [0.1, 0.15) is 43.0 Å². The number of aromatic hydroxyl groups is 1. The van der Waals surface area contributed by atoms with Crippen molar-refractivity contribution in [2.75, 3.05) is 0 Å². The standard InChI is InChI=1S/C18H18O4.C16H16O3/c1-13(19)21-17-10-16(11-18(12-17)22-14(2)20)9-8-15-6-4-3-5-7-15;1-12(17)19-16-10-14(9-15(18)11-16)8-7-13-5-3-2-4-6-13/h3-7,10-12H,8-9H2,1-2H3;2-6,9-11,18H,7-8H2,1H3. The molecule has 0 spiro atoms. The molecule has 4 aromatic rings. The Morgan fingerprint density at radius 1 is 0.488 bits per heavy atom. The maximum atomic E-state index is 11.1. The van der Waals surface area contributed by atoms with Gasteiger partial charge in [0.1, 0.15) is 23.0 Å². The van der Waals surface area contributed by atoms with E-state index < -0.39 is 11.9 Å². The van der Waals surface area contributed by atoms with Crippen LogP contribution in [0.25, 0.3) is 0 Å². The normalized spacial score (nSPS) is 10.1. The highest BCUT2D eigenvalue weighted by molar-refractivity contribution is 5.71. The quantitative estimate of drug-likeness (QED) is 0.188. The third kappa shape index (κ3) is 11.8. The molecule has 4 aromatic carbocycles. The van der Waals surface area contributed by atoms with E-state index in [1.54, 1.807) is 24.3 Å². The number of carbonyl (C=O) groups is 3. The third-order valence-electron chi connectivity index (χ3n) is 5.77. The van der Waals surface area contributed by atoms with Gasteiger partial charge >= 0.3 is 17.9 Å². The lowest BCUT2D eigenvalue weighted by Crippen LogP contribution is -2.05. The van der Waals surface area contributed by atoms with Crippen LogP contribution in [0, 0.1) is 0 Å². The summed E-state index contributed by atoms with van der Waals surface area (Å²) in [4.78, 5) is 33.1. The number of ether oxygens (including phenoxy) is 3. The lowest BCUT2D eigenvalue weighted by molar-refractivity contribution is -0.133. The van der Waals surface area contributed by atoms with Crippen LogP contribution in [0.2, 0.25) is 0 Å². The largest absolute Gasteiger partial charge is 0.508 e. The molecule has 0 aliphatic carbocycles. The van der Waals surface area contributed by atoms with Crippen LogP contribution in [0.15, 0.2) is 97.1 Å². The lowest BCUT2D eigenvalue weighted by atomic mass is 10.0. The van der Waals surface area contributed by atoms with Crippen LogP contribution >= 0.6 is 0 Å². The molecule has 4 rings (SSSR count). The maximum absolute atomic E-state index is 11.1. The fraction of sp³-hybridized carbons (Fsp3) is 0.206. The third-order valence-corrected chi connectivity index (χ3v) is 5.77. The number of phenolic OH excluding ortho intramolecular Hbond substituents is 1. The van der Waals surface area contributed by atoms with Gasteiger partial charge in [-0.1, -0.05) is 60.7 Å². The molecule has 0 bridgehead atoms. The summed E-state index contributed by atoms with van der Waals surface area (Å²) in [5, 5.41) is 9.61. The summed E-state index contributed by atoms with van der Waals surface area (Å²) < 4.78 is 15.2. The first-order valence-electron chi connectivity index (χ1n) is 13.3. The van der Waals surface area contributed by atoms with Gasteiger partial charge in [0, 0.05) is 32.9 Å². The van der Waals surface area contributed by atoms with E-state index in [1.807, 2.05) is 36.4 Å². The number of aryl methyl sites for hydroxylation is 4. The van der Waals surface area contributed by atoms with E-state index in [9.17, 15) is 19.5 Å². The fourth-order valence-electron chi connectivity index (χ4n) is 4.10. The molecular formula is C34H34O7. The van der Waals surface area contributed by atoms with Crippen molar-refractivity contribution < 1.29 is 33.7 Å². The monoisotopic (exact) mass is 554 g/mol. The Kier molecular flexibility index (Phi) is 11.7. The van der Waals surface area contributed by atoms with E-state index in [0.29, 0.717) is 17.2 Å². The molecular weight excluding hydrogens is 520 g/mol. The van der Waals surface area contributed by atoms with Crippen molar-refractivity contribution in [3.8, 4) is 23.0 Å². The molecule has 41 heavy (non-hydrogen) atoms.